The lowest BCUT2D eigenvalue weighted by Gasteiger charge is -2.17. The maximum absolute atomic E-state index is 5.78. The predicted molar refractivity (Wildman–Crippen MR) is 63.3 cm³/mol. The normalized spacial score (nSPS) is 27.0. The summed E-state index contributed by atoms with van der Waals surface area (Å²) < 4.78 is 0. The summed E-state index contributed by atoms with van der Waals surface area (Å²) in [6.45, 7) is 3.21. The van der Waals surface area contributed by atoms with Gasteiger partial charge in [0.05, 0.1) is 0 Å². The molecule has 0 aromatic heterocycles. The van der Waals surface area contributed by atoms with Crippen LogP contribution >= 0.6 is 0 Å². The first-order chi connectivity index (χ1) is 6.88. The Kier molecular flexibility index (Phi) is 6.25. The third-order valence-corrected chi connectivity index (χ3v) is 3.80. The molecule has 0 aromatic carbocycles. The minimum atomic E-state index is 0.862. The van der Waals surface area contributed by atoms with Crippen LogP contribution in [0.15, 0.2) is 0 Å². The summed E-state index contributed by atoms with van der Waals surface area (Å²) in [5.74, 6) is 1.84. The largest absolute Gasteiger partial charge is 0.330 e. The second-order valence-electron chi connectivity index (χ2n) is 4.89. The average Bonchev–Trinajstić information content (AvgIpc) is 2.65. The highest BCUT2D eigenvalue weighted by Crippen LogP contribution is 2.34. The van der Waals surface area contributed by atoms with Gasteiger partial charge in [-0.15, -0.1) is 0 Å². The van der Waals surface area contributed by atoms with Gasteiger partial charge >= 0.3 is 0 Å². The van der Waals surface area contributed by atoms with Crippen LogP contribution in [0.1, 0.15) is 64.7 Å². The molecule has 1 heteroatoms. The summed E-state index contributed by atoms with van der Waals surface area (Å²) >= 11 is 0. The van der Waals surface area contributed by atoms with Gasteiger partial charge in [-0.3, -0.25) is 0 Å². The topological polar surface area (TPSA) is 26.0 Å². The van der Waals surface area contributed by atoms with E-state index < -0.39 is 0 Å². The van der Waals surface area contributed by atoms with E-state index in [2.05, 4.69) is 6.92 Å². The molecule has 14 heavy (non-hydrogen) atoms. The van der Waals surface area contributed by atoms with Crippen LogP contribution in [0.3, 0.4) is 0 Å². The molecule has 1 rings (SSSR count). The van der Waals surface area contributed by atoms with Crippen molar-refractivity contribution < 1.29 is 0 Å². The van der Waals surface area contributed by atoms with E-state index >= 15 is 0 Å². The lowest BCUT2D eigenvalue weighted by Crippen LogP contribution is -2.18. The van der Waals surface area contributed by atoms with E-state index in [1.165, 1.54) is 57.8 Å². The quantitative estimate of drug-likeness (QED) is 0.618. The highest BCUT2D eigenvalue weighted by molar-refractivity contribution is 4.77. The predicted octanol–water partition coefficient (Wildman–Crippen LogP) is 3.72. The van der Waals surface area contributed by atoms with E-state index in [0.717, 1.165) is 18.4 Å². The van der Waals surface area contributed by atoms with Gasteiger partial charge in [-0.05, 0) is 24.8 Å². The smallest absolute Gasteiger partial charge is 0.00462 e. The van der Waals surface area contributed by atoms with Gasteiger partial charge in [0.15, 0.2) is 0 Å². The van der Waals surface area contributed by atoms with Crippen molar-refractivity contribution in [3.05, 3.63) is 0 Å². The fourth-order valence-electron chi connectivity index (χ4n) is 2.81. The molecule has 1 aliphatic carbocycles. The van der Waals surface area contributed by atoms with Crippen molar-refractivity contribution in [2.24, 2.45) is 17.6 Å². The zero-order valence-corrected chi connectivity index (χ0v) is 9.80. The van der Waals surface area contributed by atoms with Crippen molar-refractivity contribution in [2.75, 3.05) is 6.54 Å². The van der Waals surface area contributed by atoms with Gasteiger partial charge < -0.3 is 5.73 Å². The van der Waals surface area contributed by atoms with Gasteiger partial charge in [0.1, 0.15) is 0 Å². The minimum absolute atomic E-state index is 0.862. The van der Waals surface area contributed by atoms with Crippen molar-refractivity contribution in [3.8, 4) is 0 Å². The van der Waals surface area contributed by atoms with Crippen molar-refractivity contribution in [1.82, 2.24) is 0 Å². The van der Waals surface area contributed by atoms with Crippen LogP contribution in [0.2, 0.25) is 0 Å². The molecule has 0 aromatic rings. The van der Waals surface area contributed by atoms with Crippen molar-refractivity contribution in [3.63, 3.8) is 0 Å². The molecule has 0 heterocycles. The molecule has 0 radical (unpaired) electrons. The first-order valence-corrected chi connectivity index (χ1v) is 6.58. The van der Waals surface area contributed by atoms with E-state index in [1.807, 2.05) is 0 Å². The average molecular weight is 197 g/mol. The molecule has 2 atom stereocenters. The van der Waals surface area contributed by atoms with Crippen LogP contribution in [0.4, 0.5) is 0 Å². The van der Waals surface area contributed by atoms with Crippen molar-refractivity contribution >= 4 is 0 Å². The third-order valence-electron chi connectivity index (χ3n) is 3.80. The summed E-state index contributed by atoms with van der Waals surface area (Å²) in [6.07, 6.45) is 12.8. The lowest BCUT2D eigenvalue weighted by atomic mass is 9.90. The molecule has 1 aliphatic rings. The summed E-state index contributed by atoms with van der Waals surface area (Å²) in [6, 6.07) is 0. The van der Waals surface area contributed by atoms with Crippen LogP contribution in [0.5, 0.6) is 0 Å². The van der Waals surface area contributed by atoms with E-state index in [9.17, 15) is 0 Å². The molecule has 0 spiro atoms. The number of unbranched alkanes of at least 4 members (excludes halogenated alkanes) is 4. The fourth-order valence-corrected chi connectivity index (χ4v) is 2.81. The fraction of sp³-hybridized carbons (Fsp3) is 1.00. The Balaban J connectivity index is 2.00. The van der Waals surface area contributed by atoms with Gasteiger partial charge in [-0.25, -0.2) is 0 Å². The minimum Gasteiger partial charge on any atom is -0.330 e. The van der Waals surface area contributed by atoms with Crippen molar-refractivity contribution in [1.29, 1.82) is 0 Å². The second-order valence-corrected chi connectivity index (χ2v) is 4.89. The van der Waals surface area contributed by atoms with E-state index in [0.29, 0.717) is 0 Å². The molecule has 0 amide bonds. The van der Waals surface area contributed by atoms with Gasteiger partial charge in [-0.1, -0.05) is 58.3 Å². The SMILES string of the molecule is CCCCCCCC1CCCC1CN. The molecule has 0 aliphatic heterocycles. The summed E-state index contributed by atoms with van der Waals surface area (Å²) in [5.41, 5.74) is 5.78. The van der Waals surface area contributed by atoms with E-state index in [-0.39, 0.29) is 0 Å². The first-order valence-electron chi connectivity index (χ1n) is 6.58. The summed E-state index contributed by atoms with van der Waals surface area (Å²) in [4.78, 5) is 0. The van der Waals surface area contributed by atoms with Crippen LogP contribution in [0, 0.1) is 11.8 Å². The first kappa shape index (κ1) is 12.0. The second kappa shape index (κ2) is 7.28. The molecule has 1 saturated carbocycles. The highest BCUT2D eigenvalue weighted by Gasteiger charge is 2.24. The van der Waals surface area contributed by atoms with Crippen LogP contribution in [0.25, 0.3) is 0 Å². The molecule has 0 bridgehead atoms. The maximum Gasteiger partial charge on any atom is -0.00462 e. The van der Waals surface area contributed by atoms with Gasteiger partial charge in [0, 0.05) is 0 Å². The number of hydrogen-bond acceptors (Lipinski definition) is 1. The van der Waals surface area contributed by atoms with Gasteiger partial charge in [-0.2, -0.15) is 0 Å². The zero-order chi connectivity index (χ0) is 10.2. The number of hydrogen-bond donors (Lipinski definition) is 1. The van der Waals surface area contributed by atoms with Gasteiger partial charge in [0.2, 0.25) is 0 Å². The number of rotatable bonds is 7. The Morgan fingerprint density at radius 2 is 1.71 bits per heavy atom. The molecular weight excluding hydrogens is 170 g/mol. The molecule has 1 nitrogen and oxygen atoms in total. The van der Waals surface area contributed by atoms with Gasteiger partial charge in [0.25, 0.3) is 0 Å². The zero-order valence-electron chi connectivity index (χ0n) is 9.80. The van der Waals surface area contributed by atoms with Crippen LogP contribution in [-0.4, -0.2) is 6.54 Å². The van der Waals surface area contributed by atoms with Crippen molar-refractivity contribution in [2.45, 2.75) is 64.7 Å². The molecular formula is C13H27N. The molecule has 84 valence electrons. The third kappa shape index (κ3) is 4.00. The number of nitrogens with two attached hydrogens (primary N) is 1. The maximum atomic E-state index is 5.78. The Labute approximate surface area is 89.5 Å². The summed E-state index contributed by atoms with van der Waals surface area (Å²) in [7, 11) is 0. The molecule has 0 saturated heterocycles. The Bertz CT molecular complexity index is 133. The molecule has 2 N–H and O–H groups in total. The molecule has 1 fully saturated rings. The monoisotopic (exact) mass is 197 g/mol. The standard InChI is InChI=1S/C13H27N/c1-2-3-4-5-6-8-12-9-7-10-13(12)11-14/h12-13H,2-11,14H2,1H3. The van der Waals surface area contributed by atoms with E-state index in [4.69, 9.17) is 5.73 Å². The highest BCUT2D eigenvalue weighted by atomic mass is 14.6. The van der Waals surface area contributed by atoms with Crippen LogP contribution in [-0.2, 0) is 0 Å². The Hall–Kier alpha value is -0.0400. The Morgan fingerprint density at radius 3 is 2.43 bits per heavy atom. The lowest BCUT2D eigenvalue weighted by molar-refractivity contribution is 0.357. The van der Waals surface area contributed by atoms with E-state index in [1.54, 1.807) is 0 Å². The van der Waals surface area contributed by atoms with Crippen LogP contribution < -0.4 is 5.73 Å². The molecule has 2 unspecified atom stereocenters. The summed E-state index contributed by atoms with van der Waals surface area (Å²) in [5, 5.41) is 0. The Morgan fingerprint density at radius 1 is 1.00 bits per heavy atom.